The molecule has 84 valence electrons. The molecular formula is C12H18BrNO. The van der Waals surface area contributed by atoms with Gasteiger partial charge in [0.15, 0.2) is 0 Å². The molecule has 0 saturated carbocycles. The number of benzene rings is 1. The molecule has 3 heteroatoms. The van der Waals surface area contributed by atoms with Gasteiger partial charge >= 0.3 is 0 Å². The van der Waals surface area contributed by atoms with Gasteiger partial charge in [0.05, 0.1) is 0 Å². The summed E-state index contributed by atoms with van der Waals surface area (Å²) in [5.41, 5.74) is 2.24. The first-order chi connectivity index (χ1) is 6.94. The van der Waals surface area contributed by atoms with Crippen LogP contribution in [0.1, 0.15) is 19.4 Å². The van der Waals surface area contributed by atoms with Gasteiger partial charge in [0.25, 0.3) is 0 Å². The maximum atomic E-state index is 9.15. The molecule has 0 heterocycles. The fraction of sp³-hybridized carbons (Fsp3) is 0.500. The minimum atomic E-state index is -0.0885. The molecule has 1 aromatic rings. The van der Waals surface area contributed by atoms with Gasteiger partial charge in [-0.15, -0.1) is 0 Å². The van der Waals surface area contributed by atoms with E-state index in [1.807, 2.05) is 19.9 Å². The number of rotatable bonds is 4. The average molecular weight is 272 g/mol. The van der Waals surface area contributed by atoms with Gasteiger partial charge in [-0.3, -0.25) is 0 Å². The number of halogens is 1. The molecule has 0 spiro atoms. The quantitative estimate of drug-likeness (QED) is 0.882. The summed E-state index contributed by atoms with van der Waals surface area (Å²) in [7, 11) is 0. The Kier molecular flexibility index (Phi) is 4.17. The molecule has 0 saturated heterocycles. The maximum Gasteiger partial charge on any atom is 0.0498 e. The van der Waals surface area contributed by atoms with Crippen LogP contribution in [-0.4, -0.2) is 18.3 Å². The molecule has 0 fully saturated rings. The van der Waals surface area contributed by atoms with Crippen LogP contribution < -0.4 is 5.32 Å². The Bertz CT molecular complexity index is 336. The number of hydrogen-bond donors (Lipinski definition) is 2. The predicted octanol–water partition coefficient (Wildman–Crippen LogP) is 3.19. The van der Waals surface area contributed by atoms with Crippen LogP contribution in [0.2, 0.25) is 0 Å². The summed E-state index contributed by atoms with van der Waals surface area (Å²) in [5.74, 6) is 0. The van der Waals surface area contributed by atoms with Crippen LogP contribution in [0.3, 0.4) is 0 Å². The zero-order valence-corrected chi connectivity index (χ0v) is 11.1. The first kappa shape index (κ1) is 12.5. The van der Waals surface area contributed by atoms with Gasteiger partial charge in [0, 0.05) is 28.7 Å². The third kappa shape index (κ3) is 3.84. The lowest BCUT2D eigenvalue weighted by Gasteiger charge is -2.23. The first-order valence-electron chi connectivity index (χ1n) is 5.05. The van der Waals surface area contributed by atoms with E-state index in [9.17, 15) is 0 Å². The molecule has 0 aliphatic heterocycles. The molecule has 0 aliphatic rings. The summed E-state index contributed by atoms with van der Waals surface area (Å²) in [6, 6.07) is 6.15. The lowest BCUT2D eigenvalue weighted by Crippen LogP contribution is -2.27. The van der Waals surface area contributed by atoms with Gasteiger partial charge in [0.2, 0.25) is 0 Å². The standard InChI is InChI=1S/C12H18BrNO/c1-9-4-5-10(13)6-11(9)14-7-12(2,3)8-15/h4-6,14-15H,7-8H2,1-3H3. The Hall–Kier alpha value is -0.540. The Balaban J connectivity index is 2.69. The highest BCUT2D eigenvalue weighted by atomic mass is 79.9. The van der Waals surface area contributed by atoms with Crippen LogP contribution in [0.5, 0.6) is 0 Å². The van der Waals surface area contributed by atoms with Gasteiger partial charge < -0.3 is 10.4 Å². The molecule has 2 nitrogen and oxygen atoms in total. The number of aryl methyl sites for hydroxylation is 1. The van der Waals surface area contributed by atoms with E-state index in [0.29, 0.717) is 0 Å². The fourth-order valence-corrected chi connectivity index (χ4v) is 1.54. The van der Waals surface area contributed by atoms with Crippen LogP contribution in [0.25, 0.3) is 0 Å². The summed E-state index contributed by atoms with van der Waals surface area (Å²) in [6.07, 6.45) is 0. The number of hydrogen-bond acceptors (Lipinski definition) is 2. The van der Waals surface area contributed by atoms with Crippen LogP contribution in [0.15, 0.2) is 22.7 Å². The number of aliphatic hydroxyl groups is 1. The zero-order valence-electron chi connectivity index (χ0n) is 9.47. The van der Waals surface area contributed by atoms with E-state index < -0.39 is 0 Å². The maximum absolute atomic E-state index is 9.15. The zero-order chi connectivity index (χ0) is 11.5. The smallest absolute Gasteiger partial charge is 0.0498 e. The van der Waals surface area contributed by atoms with Crippen molar-refractivity contribution in [1.82, 2.24) is 0 Å². The Morgan fingerprint density at radius 1 is 1.40 bits per heavy atom. The van der Waals surface area contributed by atoms with Crippen molar-refractivity contribution in [3.63, 3.8) is 0 Å². The van der Waals surface area contributed by atoms with Crippen LogP contribution in [0, 0.1) is 12.3 Å². The third-order valence-electron chi connectivity index (χ3n) is 2.39. The van der Waals surface area contributed by atoms with Crippen molar-refractivity contribution in [2.24, 2.45) is 5.41 Å². The predicted molar refractivity (Wildman–Crippen MR) is 68.2 cm³/mol. The van der Waals surface area contributed by atoms with Crippen molar-refractivity contribution in [2.45, 2.75) is 20.8 Å². The van der Waals surface area contributed by atoms with Crippen molar-refractivity contribution < 1.29 is 5.11 Å². The first-order valence-corrected chi connectivity index (χ1v) is 5.85. The molecule has 1 rings (SSSR count). The van der Waals surface area contributed by atoms with Crippen LogP contribution in [-0.2, 0) is 0 Å². The summed E-state index contributed by atoms with van der Waals surface area (Å²) < 4.78 is 1.07. The summed E-state index contributed by atoms with van der Waals surface area (Å²) in [4.78, 5) is 0. The fourth-order valence-electron chi connectivity index (χ4n) is 1.18. The van der Waals surface area contributed by atoms with Gasteiger partial charge in [-0.2, -0.15) is 0 Å². The monoisotopic (exact) mass is 271 g/mol. The summed E-state index contributed by atoms with van der Waals surface area (Å²) in [5, 5.41) is 12.5. The topological polar surface area (TPSA) is 32.3 Å². The highest BCUT2D eigenvalue weighted by molar-refractivity contribution is 9.10. The molecular weight excluding hydrogens is 254 g/mol. The molecule has 0 amide bonds. The molecule has 2 N–H and O–H groups in total. The molecule has 1 aromatic carbocycles. The van der Waals surface area contributed by atoms with E-state index in [1.165, 1.54) is 5.56 Å². The lowest BCUT2D eigenvalue weighted by atomic mass is 9.95. The highest BCUT2D eigenvalue weighted by Gasteiger charge is 2.16. The van der Waals surface area contributed by atoms with Crippen molar-refractivity contribution in [2.75, 3.05) is 18.5 Å². The van der Waals surface area contributed by atoms with E-state index in [2.05, 4.69) is 40.3 Å². The van der Waals surface area contributed by atoms with Gasteiger partial charge in [0.1, 0.15) is 0 Å². The van der Waals surface area contributed by atoms with E-state index in [-0.39, 0.29) is 12.0 Å². The highest BCUT2D eigenvalue weighted by Crippen LogP contribution is 2.22. The van der Waals surface area contributed by atoms with Crippen LogP contribution >= 0.6 is 15.9 Å². The molecule has 0 radical (unpaired) electrons. The molecule has 0 atom stereocenters. The molecule has 15 heavy (non-hydrogen) atoms. The van der Waals surface area contributed by atoms with Crippen molar-refractivity contribution in [3.05, 3.63) is 28.2 Å². The van der Waals surface area contributed by atoms with Gasteiger partial charge in [-0.05, 0) is 24.6 Å². The summed E-state index contributed by atoms with van der Waals surface area (Å²) >= 11 is 3.44. The summed E-state index contributed by atoms with van der Waals surface area (Å²) in [6.45, 7) is 7.09. The Labute approximate surface area is 99.8 Å². The average Bonchev–Trinajstić information content (AvgIpc) is 2.20. The van der Waals surface area contributed by atoms with Crippen LogP contribution in [0.4, 0.5) is 5.69 Å². The lowest BCUT2D eigenvalue weighted by molar-refractivity contribution is 0.171. The molecule has 0 bridgehead atoms. The largest absolute Gasteiger partial charge is 0.396 e. The van der Waals surface area contributed by atoms with Crippen molar-refractivity contribution in [1.29, 1.82) is 0 Å². The Morgan fingerprint density at radius 3 is 2.67 bits per heavy atom. The SMILES string of the molecule is Cc1ccc(Br)cc1NCC(C)(C)CO. The minimum Gasteiger partial charge on any atom is -0.396 e. The third-order valence-corrected chi connectivity index (χ3v) is 2.88. The number of nitrogens with one attached hydrogen (secondary N) is 1. The molecule has 0 aliphatic carbocycles. The molecule has 0 aromatic heterocycles. The van der Waals surface area contributed by atoms with Crippen molar-refractivity contribution >= 4 is 21.6 Å². The number of aliphatic hydroxyl groups excluding tert-OH is 1. The minimum absolute atomic E-state index is 0.0885. The Morgan fingerprint density at radius 2 is 2.07 bits per heavy atom. The van der Waals surface area contributed by atoms with E-state index in [4.69, 9.17) is 5.11 Å². The van der Waals surface area contributed by atoms with Crippen molar-refractivity contribution in [3.8, 4) is 0 Å². The normalized spacial score (nSPS) is 11.5. The second-order valence-electron chi connectivity index (χ2n) is 4.64. The number of anilines is 1. The van der Waals surface area contributed by atoms with Gasteiger partial charge in [-0.25, -0.2) is 0 Å². The second kappa shape index (κ2) is 4.99. The van der Waals surface area contributed by atoms with E-state index >= 15 is 0 Å². The van der Waals surface area contributed by atoms with Gasteiger partial charge in [-0.1, -0.05) is 35.8 Å². The van der Waals surface area contributed by atoms with E-state index in [0.717, 1.165) is 16.7 Å². The van der Waals surface area contributed by atoms with E-state index in [1.54, 1.807) is 0 Å². The molecule has 0 unspecified atom stereocenters. The second-order valence-corrected chi connectivity index (χ2v) is 5.55.